The molecule has 0 saturated heterocycles. The van der Waals surface area contributed by atoms with Gasteiger partial charge in [-0.05, 0) is 40.2 Å². The molecule has 0 spiro atoms. The lowest BCUT2D eigenvalue weighted by atomic mass is 10.2. The van der Waals surface area contributed by atoms with Crippen molar-refractivity contribution in [3.63, 3.8) is 0 Å². The van der Waals surface area contributed by atoms with Crippen molar-refractivity contribution in [3.05, 3.63) is 82.7 Å². The number of amides is 1. The summed E-state index contributed by atoms with van der Waals surface area (Å²) in [5, 5.41) is 26.9. The molecule has 0 aliphatic rings. The van der Waals surface area contributed by atoms with E-state index in [0.29, 0.717) is 57.1 Å². The van der Waals surface area contributed by atoms with E-state index in [2.05, 4.69) is 36.6 Å². The number of halogens is 1. The smallest absolute Gasteiger partial charge is 0.390 e. The van der Waals surface area contributed by atoms with Crippen LogP contribution in [0.2, 0.25) is 0 Å². The van der Waals surface area contributed by atoms with Crippen molar-refractivity contribution in [2.24, 2.45) is 7.05 Å². The first kappa shape index (κ1) is 28.8. The summed E-state index contributed by atoms with van der Waals surface area (Å²) in [5.41, 5.74) is 2.28. The Morgan fingerprint density at radius 3 is 2.77 bits per heavy atom. The van der Waals surface area contributed by atoms with Crippen molar-refractivity contribution < 1.29 is 31.2 Å². The number of nitriles is 1. The molecule has 0 aliphatic heterocycles. The molecule has 0 radical (unpaired) electrons. The van der Waals surface area contributed by atoms with Gasteiger partial charge in [0, 0.05) is 24.2 Å². The van der Waals surface area contributed by atoms with Gasteiger partial charge in [0.1, 0.15) is 24.5 Å². The Hall–Kier alpha value is -4.74. The fourth-order valence-electron chi connectivity index (χ4n) is 3.79. The monoisotopic (exact) mass is 592 g/mol. The molecule has 0 bridgehead atoms. The number of rotatable bonds is 9. The van der Waals surface area contributed by atoms with Gasteiger partial charge in [-0.25, -0.2) is 15.0 Å². The Bertz CT molecular complexity index is 1590. The summed E-state index contributed by atoms with van der Waals surface area (Å²) in [6.07, 6.45) is 7.47. The number of imidazole rings is 1. The van der Waals surface area contributed by atoms with E-state index in [4.69, 9.17) is 5.26 Å². The second-order valence-electron chi connectivity index (χ2n) is 9.18. The molecule has 2 N–H and O–H groups in total. The minimum Gasteiger partial charge on any atom is -1.00 e. The molecule has 0 aliphatic carbocycles. The molecule has 3 aromatic heterocycles. The summed E-state index contributed by atoms with van der Waals surface area (Å²) in [4.78, 5) is 40.0. The number of carbonyl (C=O) groups is 1. The molecule has 39 heavy (non-hydrogen) atoms. The number of nitrogens with zero attached hydrogens (tertiary/aromatic N) is 8. The van der Waals surface area contributed by atoms with Crippen molar-refractivity contribution in [2.75, 3.05) is 31.3 Å². The number of quaternary nitrogens is 1. The molecule has 0 saturated carbocycles. The molecule has 0 atom stereocenters. The van der Waals surface area contributed by atoms with Crippen LogP contribution in [0, 0.1) is 21.4 Å². The lowest BCUT2D eigenvalue weighted by Crippen LogP contribution is -3.00. The zero-order chi connectivity index (χ0) is 27.3. The Balaban J connectivity index is 0.00000420. The number of carbonyl (C=O) groups excluding carboxylic acids is 1. The van der Waals surface area contributed by atoms with Crippen LogP contribution in [0.4, 0.5) is 23.1 Å². The molecular weight excluding hydrogens is 568 g/mol. The standard InChI is InChI=1S/C25H24N10O3.BrH/c1-33-16-30-25(34(37)38)21(33)14-35(2,3)9-5-8-23(36)32-22-11-19-20(13-27-22)28-15-29-24(19)31-18-7-4-6-17(10-18)12-26;/h4-8,10-11,13,15-16H,9,14H2,1-3H3,(H-,27,28,29,31,32,36);1H/b8-5+;. The maximum Gasteiger partial charge on any atom is 0.390 e. The summed E-state index contributed by atoms with van der Waals surface area (Å²) in [7, 11) is 5.53. The number of hydrogen-bond acceptors (Lipinski definition) is 9. The van der Waals surface area contributed by atoms with Crippen LogP contribution in [-0.2, 0) is 18.4 Å². The molecular formula is C25H25BrN10O3. The predicted molar refractivity (Wildman–Crippen MR) is 140 cm³/mol. The van der Waals surface area contributed by atoms with E-state index in [1.165, 1.54) is 24.9 Å². The number of fused-ring (bicyclic) bond motifs is 1. The van der Waals surface area contributed by atoms with Crippen molar-refractivity contribution in [3.8, 4) is 6.07 Å². The average Bonchev–Trinajstić information content (AvgIpc) is 3.23. The second-order valence-corrected chi connectivity index (χ2v) is 9.18. The van der Waals surface area contributed by atoms with Crippen LogP contribution in [0.5, 0.6) is 0 Å². The van der Waals surface area contributed by atoms with E-state index in [9.17, 15) is 14.9 Å². The molecule has 0 unspecified atom stereocenters. The number of nitrogens with one attached hydrogen (secondary N) is 2. The van der Waals surface area contributed by atoms with Crippen molar-refractivity contribution in [2.45, 2.75) is 6.54 Å². The Morgan fingerprint density at radius 2 is 2.03 bits per heavy atom. The molecule has 0 fully saturated rings. The zero-order valence-corrected chi connectivity index (χ0v) is 23.0. The van der Waals surface area contributed by atoms with Gasteiger partial charge in [-0.3, -0.25) is 4.79 Å². The molecule has 3 heterocycles. The molecule has 14 heteroatoms. The maximum atomic E-state index is 12.6. The first-order valence-electron chi connectivity index (χ1n) is 11.5. The van der Waals surface area contributed by atoms with Gasteiger partial charge in [0.2, 0.25) is 12.2 Å². The number of likely N-dealkylation sites (N-methyl/N-ethyl adjacent to an activating group) is 1. The number of aromatic nitrogens is 5. The minimum atomic E-state index is -0.495. The third-order valence-electron chi connectivity index (χ3n) is 5.68. The first-order valence-corrected chi connectivity index (χ1v) is 11.5. The lowest BCUT2D eigenvalue weighted by molar-refractivity contribution is -0.898. The minimum absolute atomic E-state index is 0. The van der Waals surface area contributed by atoms with E-state index >= 15 is 0 Å². The zero-order valence-electron chi connectivity index (χ0n) is 21.4. The normalized spacial score (nSPS) is 11.1. The molecule has 4 aromatic rings. The highest BCUT2D eigenvalue weighted by atomic mass is 79.9. The molecule has 1 amide bonds. The number of aryl methyl sites for hydroxylation is 1. The third-order valence-corrected chi connectivity index (χ3v) is 5.68. The van der Waals surface area contributed by atoms with E-state index in [-0.39, 0.29) is 28.7 Å². The van der Waals surface area contributed by atoms with E-state index in [1.54, 1.807) is 42.0 Å². The quantitative estimate of drug-likeness (QED) is 0.118. The highest BCUT2D eigenvalue weighted by Crippen LogP contribution is 2.25. The van der Waals surface area contributed by atoms with Crippen LogP contribution in [0.3, 0.4) is 0 Å². The number of hydrogen-bond donors (Lipinski definition) is 2. The van der Waals surface area contributed by atoms with Gasteiger partial charge in [-0.15, -0.1) is 0 Å². The van der Waals surface area contributed by atoms with Crippen LogP contribution < -0.4 is 27.6 Å². The first-order chi connectivity index (χ1) is 18.1. The molecule has 1 aromatic carbocycles. The van der Waals surface area contributed by atoms with Gasteiger partial charge in [0.05, 0.1) is 44.0 Å². The molecule has 4 rings (SSSR count). The Labute approximate surface area is 234 Å². The summed E-state index contributed by atoms with van der Waals surface area (Å²) in [6.45, 7) is 0.808. The molecule has 200 valence electrons. The van der Waals surface area contributed by atoms with Crippen LogP contribution in [0.15, 0.2) is 61.3 Å². The lowest BCUT2D eigenvalue weighted by Gasteiger charge is -2.27. The van der Waals surface area contributed by atoms with Crippen molar-refractivity contribution in [1.82, 2.24) is 24.5 Å². The van der Waals surface area contributed by atoms with Crippen molar-refractivity contribution >= 4 is 40.0 Å². The number of pyridine rings is 1. The average molecular weight is 593 g/mol. The van der Waals surface area contributed by atoms with E-state index in [0.717, 1.165) is 0 Å². The van der Waals surface area contributed by atoms with E-state index in [1.807, 2.05) is 20.2 Å². The summed E-state index contributed by atoms with van der Waals surface area (Å²) in [6, 6.07) is 10.8. The molecule has 13 nitrogen and oxygen atoms in total. The van der Waals surface area contributed by atoms with Crippen molar-refractivity contribution in [1.29, 1.82) is 5.26 Å². The van der Waals surface area contributed by atoms with Crippen LogP contribution in [0.1, 0.15) is 11.3 Å². The van der Waals surface area contributed by atoms with E-state index < -0.39 is 4.92 Å². The Kier molecular flexibility index (Phi) is 9.02. The highest BCUT2D eigenvalue weighted by molar-refractivity contribution is 6.00. The predicted octanol–water partition coefficient (Wildman–Crippen LogP) is 0.0571. The van der Waals surface area contributed by atoms with Gasteiger partial charge < -0.3 is 46.8 Å². The summed E-state index contributed by atoms with van der Waals surface area (Å²) in [5.74, 6) is 0.270. The van der Waals surface area contributed by atoms with Gasteiger partial charge in [0.15, 0.2) is 5.69 Å². The number of nitro groups is 1. The maximum absolute atomic E-state index is 12.6. The SMILES string of the molecule is Cn1cnc([N+](=O)[O-])c1C[N+](C)(C)C/C=C/C(=O)Nc1cc2c(Nc3cccc(C#N)c3)ncnc2cn1.[Br-]. The topological polar surface area (TPSA) is 165 Å². The third kappa shape index (κ3) is 7.18. The number of benzene rings is 1. The van der Waals surface area contributed by atoms with Gasteiger partial charge in [0.25, 0.3) is 0 Å². The fraction of sp³-hybridized carbons (Fsp3) is 0.200. The summed E-state index contributed by atoms with van der Waals surface area (Å²) >= 11 is 0. The van der Waals surface area contributed by atoms with Gasteiger partial charge >= 0.3 is 5.82 Å². The van der Waals surface area contributed by atoms with Crippen LogP contribution >= 0.6 is 0 Å². The largest absolute Gasteiger partial charge is 1.00 e. The second kappa shape index (κ2) is 12.2. The number of anilines is 3. The highest BCUT2D eigenvalue weighted by Gasteiger charge is 2.26. The van der Waals surface area contributed by atoms with Gasteiger partial charge in [-0.1, -0.05) is 6.07 Å². The van der Waals surface area contributed by atoms with Crippen LogP contribution in [0.25, 0.3) is 10.9 Å². The van der Waals surface area contributed by atoms with Crippen LogP contribution in [-0.4, -0.2) is 60.5 Å². The fourth-order valence-corrected chi connectivity index (χ4v) is 3.79. The summed E-state index contributed by atoms with van der Waals surface area (Å²) < 4.78 is 2.00. The van der Waals surface area contributed by atoms with Gasteiger partial charge in [-0.2, -0.15) is 5.26 Å². The Morgan fingerprint density at radius 1 is 1.23 bits per heavy atom.